The number of nitrogens with zero attached hydrogens (tertiary/aromatic N) is 3. The van der Waals surface area contributed by atoms with Crippen LogP contribution in [0.5, 0.6) is 0 Å². The number of aromatic nitrogens is 1. The molecular weight excluding hydrogens is 527 g/mol. The first kappa shape index (κ1) is 26.9. The zero-order valence-corrected chi connectivity index (χ0v) is 23.8. The van der Waals surface area contributed by atoms with Crippen molar-refractivity contribution < 1.29 is 21.2 Å². The van der Waals surface area contributed by atoms with Gasteiger partial charge in [0, 0.05) is 60.2 Å². The lowest BCUT2D eigenvalue weighted by atomic mass is 9.97. The summed E-state index contributed by atoms with van der Waals surface area (Å²) in [6, 6.07) is 7.62. The van der Waals surface area contributed by atoms with Gasteiger partial charge in [-0.2, -0.15) is 12.7 Å². The lowest BCUT2D eigenvalue weighted by Crippen LogP contribution is -2.57. The monoisotopic (exact) mass is 560 g/mol. The lowest BCUT2D eigenvalue weighted by Gasteiger charge is -2.48. The zero-order chi connectivity index (χ0) is 27.6. The number of hydrogen-bond acceptors (Lipinski definition) is 5. The summed E-state index contributed by atoms with van der Waals surface area (Å²) >= 11 is 0. The Kier molecular flexibility index (Phi) is 6.70. The van der Waals surface area contributed by atoms with E-state index in [1.807, 2.05) is 20.0 Å². The highest BCUT2D eigenvalue weighted by atomic mass is 32.2. The molecule has 2 aromatic carbocycles. The molecule has 0 aliphatic carbocycles. The molecule has 3 heterocycles. The zero-order valence-electron chi connectivity index (χ0n) is 22.2. The number of rotatable bonds is 5. The number of aryl methyl sites for hydroxylation is 1. The van der Waals surface area contributed by atoms with Crippen molar-refractivity contribution in [1.29, 1.82) is 0 Å². The van der Waals surface area contributed by atoms with Gasteiger partial charge in [0.15, 0.2) is 9.84 Å². The van der Waals surface area contributed by atoms with Crippen LogP contribution < -0.4 is 4.31 Å². The van der Waals surface area contributed by atoms with Gasteiger partial charge in [-0.1, -0.05) is 6.08 Å². The molecule has 8 nitrogen and oxygen atoms in total. The molecule has 0 saturated heterocycles. The van der Waals surface area contributed by atoms with E-state index in [0.29, 0.717) is 36.3 Å². The number of benzene rings is 2. The van der Waals surface area contributed by atoms with E-state index in [1.54, 1.807) is 32.0 Å². The summed E-state index contributed by atoms with van der Waals surface area (Å²) in [4.78, 5) is 5.45. The molecule has 0 radical (unpaired) electrons. The number of nitrogens with one attached hydrogen (secondary N) is 1. The van der Waals surface area contributed by atoms with Crippen molar-refractivity contribution in [2.45, 2.75) is 51.2 Å². The predicted molar refractivity (Wildman–Crippen MR) is 148 cm³/mol. The minimum Gasteiger partial charge on any atom is -0.360 e. The highest BCUT2D eigenvalue weighted by Crippen LogP contribution is 2.45. The van der Waals surface area contributed by atoms with Gasteiger partial charge in [0.2, 0.25) is 0 Å². The number of fused-ring (bicyclic) bond motifs is 2. The van der Waals surface area contributed by atoms with E-state index in [1.165, 1.54) is 20.7 Å². The van der Waals surface area contributed by atoms with Gasteiger partial charge in [-0.05, 0) is 70.0 Å². The molecule has 1 atom stereocenters. The lowest BCUT2D eigenvalue weighted by molar-refractivity contribution is 0.0892. The highest BCUT2D eigenvalue weighted by molar-refractivity contribution is 7.91. The summed E-state index contributed by atoms with van der Waals surface area (Å²) in [5.74, 6) is -0.254. The van der Waals surface area contributed by atoms with Gasteiger partial charge in [-0.25, -0.2) is 12.8 Å². The number of anilines is 1. The Morgan fingerprint density at radius 1 is 1.18 bits per heavy atom. The average Bonchev–Trinajstić information content (AvgIpc) is 3.29. The number of sulfone groups is 1. The standard InChI is InChI=1S/C27H33FN4O4S2/c1-6-31-25-10-7-20(37(5,33)34)15-22(25)27(32(17(2)3)38(31,35)36)30-13-11-19(12-14-30)23-16-29-26-18(4)24(28)9-8-21(23)26/h7-11,15-17,27,29H,6,12-14H2,1-5H3. The van der Waals surface area contributed by atoms with E-state index >= 15 is 0 Å². The van der Waals surface area contributed by atoms with Crippen LogP contribution in [-0.2, 0) is 20.0 Å². The van der Waals surface area contributed by atoms with Crippen molar-refractivity contribution in [2.75, 3.05) is 30.2 Å². The Balaban J connectivity index is 1.59. The van der Waals surface area contributed by atoms with Crippen LogP contribution in [0.4, 0.5) is 10.1 Å². The maximum Gasteiger partial charge on any atom is 0.305 e. The van der Waals surface area contributed by atoms with Gasteiger partial charge in [-0.15, -0.1) is 0 Å². The number of aromatic amines is 1. The quantitative estimate of drug-likeness (QED) is 0.492. The fraction of sp³-hybridized carbons (Fsp3) is 0.407. The normalized spacial score (nSPS) is 20.7. The van der Waals surface area contributed by atoms with Gasteiger partial charge in [-0.3, -0.25) is 9.21 Å². The van der Waals surface area contributed by atoms with Crippen molar-refractivity contribution in [3.8, 4) is 0 Å². The third kappa shape index (κ3) is 4.25. The molecule has 204 valence electrons. The van der Waals surface area contributed by atoms with Crippen LogP contribution in [0.25, 0.3) is 16.5 Å². The molecule has 38 heavy (non-hydrogen) atoms. The second-order valence-electron chi connectivity index (χ2n) is 10.2. The maximum absolute atomic E-state index is 14.1. The van der Waals surface area contributed by atoms with E-state index in [-0.39, 0.29) is 23.3 Å². The Hall–Kier alpha value is -2.73. The average molecular weight is 561 g/mol. The highest BCUT2D eigenvalue weighted by Gasteiger charge is 2.46. The molecular formula is C27H33FN4O4S2. The summed E-state index contributed by atoms with van der Waals surface area (Å²) in [5.41, 5.74) is 4.63. The van der Waals surface area contributed by atoms with Crippen LogP contribution >= 0.6 is 0 Å². The van der Waals surface area contributed by atoms with Gasteiger partial charge < -0.3 is 4.98 Å². The Morgan fingerprint density at radius 3 is 2.53 bits per heavy atom. The van der Waals surface area contributed by atoms with Crippen molar-refractivity contribution in [3.05, 3.63) is 65.1 Å². The van der Waals surface area contributed by atoms with Crippen LogP contribution in [0.15, 0.2) is 47.5 Å². The third-order valence-electron chi connectivity index (χ3n) is 7.54. The smallest absolute Gasteiger partial charge is 0.305 e. The molecule has 11 heteroatoms. The van der Waals surface area contributed by atoms with Crippen LogP contribution in [0.1, 0.15) is 50.0 Å². The van der Waals surface area contributed by atoms with E-state index < -0.39 is 26.2 Å². The minimum atomic E-state index is -3.85. The van der Waals surface area contributed by atoms with Gasteiger partial charge in [0.1, 0.15) is 12.0 Å². The first-order valence-corrected chi connectivity index (χ1v) is 16.0. The van der Waals surface area contributed by atoms with Gasteiger partial charge in [0.25, 0.3) is 0 Å². The van der Waals surface area contributed by atoms with Crippen molar-refractivity contribution in [3.63, 3.8) is 0 Å². The molecule has 3 aromatic rings. The Bertz CT molecular complexity index is 1660. The van der Waals surface area contributed by atoms with Crippen LogP contribution in [0.2, 0.25) is 0 Å². The predicted octanol–water partition coefficient (Wildman–Crippen LogP) is 4.60. The number of hydrogen-bond donors (Lipinski definition) is 1. The Labute approximate surface area is 223 Å². The summed E-state index contributed by atoms with van der Waals surface area (Å²) in [6.45, 7) is 8.46. The molecule has 0 fully saturated rings. The first-order chi connectivity index (χ1) is 17.9. The van der Waals surface area contributed by atoms with Crippen LogP contribution in [-0.4, -0.2) is 63.0 Å². The Morgan fingerprint density at radius 2 is 1.92 bits per heavy atom. The second kappa shape index (κ2) is 9.48. The summed E-state index contributed by atoms with van der Waals surface area (Å²) in [6.07, 6.45) is 5.15. The largest absolute Gasteiger partial charge is 0.360 e. The number of H-pyrrole nitrogens is 1. The topological polar surface area (TPSA) is 93.8 Å². The fourth-order valence-corrected chi connectivity index (χ4v) is 8.33. The first-order valence-electron chi connectivity index (χ1n) is 12.7. The number of halogens is 1. The molecule has 0 spiro atoms. The summed E-state index contributed by atoms with van der Waals surface area (Å²) < 4.78 is 69.3. The van der Waals surface area contributed by atoms with Gasteiger partial charge in [0.05, 0.1) is 16.1 Å². The molecule has 0 bridgehead atoms. The van der Waals surface area contributed by atoms with Gasteiger partial charge >= 0.3 is 10.2 Å². The molecule has 0 saturated carbocycles. The molecule has 2 aliphatic heterocycles. The summed E-state index contributed by atoms with van der Waals surface area (Å²) in [7, 11) is -7.35. The van der Waals surface area contributed by atoms with E-state index in [2.05, 4.69) is 16.0 Å². The van der Waals surface area contributed by atoms with E-state index in [4.69, 9.17) is 0 Å². The molecule has 5 rings (SSSR count). The van der Waals surface area contributed by atoms with Crippen molar-refractivity contribution in [1.82, 2.24) is 14.2 Å². The van der Waals surface area contributed by atoms with Crippen molar-refractivity contribution in [2.24, 2.45) is 0 Å². The minimum absolute atomic E-state index is 0.162. The second-order valence-corrected chi connectivity index (χ2v) is 14.0. The molecule has 2 aliphatic rings. The van der Waals surface area contributed by atoms with Crippen molar-refractivity contribution >= 4 is 42.2 Å². The van der Waals surface area contributed by atoms with Crippen LogP contribution in [0.3, 0.4) is 0 Å². The maximum atomic E-state index is 14.1. The summed E-state index contributed by atoms with van der Waals surface area (Å²) in [5, 5.41) is 0.953. The fourth-order valence-electron chi connectivity index (χ4n) is 5.67. The molecule has 0 amide bonds. The third-order valence-corrected chi connectivity index (χ3v) is 10.8. The molecule has 1 N–H and O–H groups in total. The van der Waals surface area contributed by atoms with E-state index in [0.717, 1.165) is 28.3 Å². The van der Waals surface area contributed by atoms with E-state index in [9.17, 15) is 21.2 Å². The van der Waals surface area contributed by atoms with Crippen LogP contribution in [0, 0.1) is 12.7 Å². The molecule has 1 unspecified atom stereocenters. The molecule has 1 aromatic heterocycles. The SMILES string of the molecule is CCN1c2ccc(S(C)(=O)=O)cc2C(N2CC=C(c3c[nH]c4c(C)c(F)ccc34)CC2)N(C(C)C)S1(=O)=O.